The number of methoxy groups -OCH3 is 2. The van der Waals surface area contributed by atoms with Crippen molar-refractivity contribution in [2.24, 2.45) is 0 Å². The van der Waals surface area contributed by atoms with E-state index in [1.54, 1.807) is 56.0 Å². The van der Waals surface area contributed by atoms with Crippen molar-refractivity contribution in [2.75, 3.05) is 19.5 Å². The molecule has 31 heavy (non-hydrogen) atoms. The second kappa shape index (κ2) is 8.71. The van der Waals surface area contributed by atoms with Crippen LogP contribution in [-0.4, -0.2) is 39.9 Å². The van der Waals surface area contributed by atoms with Crippen LogP contribution in [0.25, 0.3) is 16.8 Å². The minimum absolute atomic E-state index is 0.174. The van der Waals surface area contributed by atoms with Gasteiger partial charge < -0.3 is 14.8 Å². The largest absolute Gasteiger partial charge is 0.497 e. The van der Waals surface area contributed by atoms with Gasteiger partial charge in [0.25, 0.3) is 5.91 Å². The molecule has 0 saturated carbocycles. The Bertz CT molecular complexity index is 1250. The Kier molecular flexibility index (Phi) is 5.83. The Morgan fingerprint density at radius 3 is 2.58 bits per heavy atom. The maximum Gasteiger partial charge on any atom is 0.278 e. The molecule has 1 N–H and O–H groups in total. The Hall–Kier alpha value is -3.49. The molecule has 0 aliphatic rings. The SMILES string of the molecule is COCc1nn2c(C)c(C(=O)Nc3ccc(OC)cc3)nnc2c1-c1cccc(Cl)c1. The minimum Gasteiger partial charge on any atom is -0.497 e. The number of hydrogen-bond acceptors (Lipinski definition) is 6. The first-order valence-corrected chi connectivity index (χ1v) is 9.84. The summed E-state index contributed by atoms with van der Waals surface area (Å²) < 4.78 is 12.1. The summed E-state index contributed by atoms with van der Waals surface area (Å²) in [5.41, 5.74) is 4.16. The molecule has 0 bridgehead atoms. The maximum atomic E-state index is 12.8. The lowest BCUT2D eigenvalue weighted by molar-refractivity contribution is 0.102. The molecule has 0 spiro atoms. The zero-order valence-electron chi connectivity index (χ0n) is 17.2. The molecule has 0 saturated heterocycles. The summed E-state index contributed by atoms with van der Waals surface area (Å²) in [6.07, 6.45) is 0. The van der Waals surface area contributed by atoms with Crippen LogP contribution in [0.4, 0.5) is 5.69 Å². The van der Waals surface area contributed by atoms with E-state index in [1.165, 1.54) is 0 Å². The summed E-state index contributed by atoms with van der Waals surface area (Å²) in [7, 11) is 3.18. The van der Waals surface area contributed by atoms with Crippen molar-refractivity contribution in [3.8, 4) is 16.9 Å². The van der Waals surface area contributed by atoms with E-state index in [2.05, 4.69) is 20.6 Å². The van der Waals surface area contributed by atoms with E-state index in [-0.39, 0.29) is 18.2 Å². The highest BCUT2D eigenvalue weighted by atomic mass is 35.5. The normalized spacial score (nSPS) is 11.0. The monoisotopic (exact) mass is 437 g/mol. The Balaban J connectivity index is 1.75. The average molecular weight is 438 g/mol. The van der Waals surface area contributed by atoms with Crippen LogP contribution in [0.15, 0.2) is 48.5 Å². The summed E-state index contributed by atoms with van der Waals surface area (Å²) in [5.74, 6) is 0.316. The van der Waals surface area contributed by atoms with Crippen molar-refractivity contribution in [3.63, 3.8) is 0 Å². The summed E-state index contributed by atoms with van der Waals surface area (Å²) in [5, 5.41) is 16.6. The van der Waals surface area contributed by atoms with E-state index in [1.807, 2.05) is 18.2 Å². The molecule has 2 heterocycles. The molecule has 1 amide bonds. The number of rotatable bonds is 6. The van der Waals surface area contributed by atoms with E-state index in [0.29, 0.717) is 33.5 Å². The quantitative estimate of drug-likeness (QED) is 0.487. The van der Waals surface area contributed by atoms with Gasteiger partial charge in [0.2, 0.25) is 0 Å². The number of hydrogen-bond donors (Lipinski definition) is 1. The van der Waals surface area contributed by atoms with Gasteiger partial charge >= 0.3 is 0 Å². The highest BCUT2D eigenvalue weighted by molar-refractivity contribution is 6.30. The number of nitrogens with zero attached hydrogens (tertiary/aromatic N) is 4. The fourth-order valence-electron chi connectivity index (χ4n) is 3.30. The van der Waals surface area contributed by atoms with E-state index >= 15 is 0 Å². The predicted octanol–water partition coefficient (Wildman–Crippen LogP) is 4.16. The smallest absolute Gasteiger partial charge is 0.278 e. The first-order chi connectivity index (χ1) is 15.0. The van der Waals surface area contributed by atoms with Crippen LogP contribution >= 0.6 is 11.6 Å². The third kappa shape index (κ3) is 4.08. The van der Waals surface area contributed by atoms with Crippen LogP contribution in [0.5, 0.6) is 5.75 Å². The number of carbonyl (C=O) groups excluding carboxylic acids is 1. The topological polar surface area (TPSA) is 90.6 Å². The van der Waals surface area contributed by atoms with Gasteiger partial charge in [-0.25, -0.2) is 4.52 Å². The number of amides is 1. The van der Waals surface area contributed by atoms with Gasteiger partial charge in [0, 0.05) is 17.8 Å². The van der Waals surface area contributed by atoms with E-state index < -0.39 is 0 Å². The van der Waals surface area contributed by atoms with E-state index in [0.717, 1.165) is 11.1 Å². The van der Waals surface area contributed by atoms with Gasteiger partial charge in [0.15, 0.2) is 11.3 Å². The van der Waals surface area contributed by atoms with Gasteiger partial charge in [-0.2, -0.15) is 5.10 Å². The molecule has 0 fully saturated rings. The molecule has 0 unspecified atom stereocenters. The molecule has 0 aliphatic carbocycles. The van der Waals surface area contributed by atoms with Crippen molar-refractivity contribution in [2.45, 2.75) is 13.5 Å². The van der Waals surface area contributed by atoms with Crippen LogP contribution in [0.1, 0.15) is 21.9 Å². The maximum absolute atomic E-state index is 12.8. The molecule has 4 rings (SSSR count). The number of halogens is 1. The molecular formula is C22H20ClN5O3. The zero-order valence-corrected chi connectivity index (χ0v) is 18.0. The molecule has 0 radical (unpaired) electrons. The van der Waals surface area contributed by atoms with Gasteiger partial charge in [0.1, 0.15) is 5.75 Å². The second-order valence-electron chi connectivity index (χ2n) is 6.82. The van der Waals surface area contributed by atoms with Crippen molar-refractivity contribution in [3.05, 3.63) is 70.6 Å². The van der Waals surface area contributed by atoms with Crippen LogP contribution in [0.2, 0.25) is 5.02 Å². The first-order valence-electron chi connectivity index (χ1n) is 9.47. The minimum atomic E-state index is -0.384. The van der Waals surface area contributed by atoms with Crippen LogP contribution < -0.4 is 10.1 Å². The lowest BCUT2D eigenvalue weighted by Gasteiger charge is -2.08. The fraction of sp³-hybridized carbons (Fsp3) is 0.182. The lowest BCUT2D eigenvalue weighted by atomic mass is 10.1. The van der Waals surface area contributed by atoms with Crippen LogP contribution in [0, 0.1) is 6.92 Å². The van der Waals surface area contributed by atoms with Gasteiger partial charge in [-0.3, -0.25) is 4.79 Å². The van der Waals surface area contributed by atoms with Gasteiger partial charge in [-0.15, -0.1) is 10.2 Å². The number of carbonyl (C=O) groups is 1. The molecule has 2 aromatic carbocycles. The molecule has 2 aromatic heterocycles. The predicted molar refractivity (Wildman–Crippen MR) is 118 cm³/mol. The van der Waals surface area contributed by atoms with Crippen LogP contribution in [-0.2, 0) is 11.3 Å². The number of aromatic nitrogens is 4. The molecule has 4 aromatic rings. The average Bonchev–Trinajstić information content (AvgIpc) is 3.14. The van der Waals surface area contributed by atoms with Crippen LogP contribution in [0.3, 0.4) is 0 Å². The van der Waals surface area contributed by atoms with Crippen molar-refractivity contribution >= 4 is 28.8 Å². The number of fused-ring (bicyclic) bond motifs is 1. The molecule has 158 valence electrons. The fourth-order valence-corrected chi connectivity index (χ4v) is 3.49. The summed E-state index contributed by atoms with van der Waals surface area (Å²) in [4.78, 5) is 12.8. The van der Waals surface area contributed by atoms with Crippen molar-refractivity contribution < 1.29 is 14.3 Å². The summed E-state index contributed by atoms with van der Waals surface area (Å²) in [6, 6.07) is 14.4. The summed E-state index contributed by atoms with van der Waals surface area (Å²) >= 11 is 6.18. The Morgan fingerprint density at radius 1 is 1.13 bits per heavy atom. The first kappa shape index (κ1) is 20.8. The lowest BCUT2D eigenvalue weighted by Crippen LogP contribution is -2.18. The second-order valence-corrected chi connectivity index (χ2v) is 7.25. The molecular weight excluding hydrogens is 418 g/mol. The number of nitrogens with one attached hydrogen (secondary N) is 1. The summed E-state index contributed by atoms with van der Waals surface area (Å²) in [6.45, 7) is 2.05. The standard InChI is InChI=1S/C22H20ClN5O3/c1-13-20(22(29)24-16-7-9-17(31-3)10-8-16)25-26-21-19(14-5-4-6-15(23)11-14)18(12-30-2)27-28(13)21/h4-11H,12H2,1-3H3,(H,24,29). The van der Waals surface area contributed by atoms with Crippen molar-refractivity contribution in [1.29, 1.82) is 0 Å². The third-order valence-electron chi connectivity index (χ3n) is 4.80. The highest BCUT2D eigenvalue weighted by Gasteiger charge is 2.22. The highest BCUT2D eigenvalue weighted by Crippen LogP contribution is 2.30. The number of anilines is 1. The Morgan fingerprint density at radius 2 is 1.90 bits per heavy atom. The Labute approximate surface area is 183 Å². The van der Waals surface area contributed by atoms with Gasteiger partial charge in [-0.05, 0) is 48.9 Å². The molecule has 0 atom stereocenters. The van der Waals surface area contributed by atoms with Gasteiger partial charge in [0.05, 0.1) is 30.7 Å². The number of ether oxygens (including phenoxy) is 2. The zero-order chi connectivity index (χ0) is 22.0. The molecule has 0 aliphatic heterocycles. The third-order valence-corrected chi connectivity index (χ3v) is 5.03. The van der Waals surface area contributed by atoms with Gasteiger partial charge in [-0.1, -0.05) is 23.7 Å². The molecule has 9 heteroatoms. The van der Waals surface area contributed by atoms with Crippen molar-refractivity contribution in [1.82, 2.24) is 19.8 Å². The van der Waals surface area contributed by atoms with E-state index in [9.17, 15) is 4.79 Å². The van der Waals surface area contributed by atoms with E-state index in [4.69, 9.17) is 21.1 Å². The number of aryl methyl sites for hydroxylation is 1. The molecule has 8 nitrogen and oxygen atoms in total. The number of benzene rings is 2.